The molecule has 4 rings (SSSR count). The van der Waals surface area contributed by atoms with E-state index < -0.39 is 0 Å². The minimum Gasteiger partial charge on any atom is -0.206 e. The third kappa shape index (κ3) is 4.79. The van der Waals surface area contributed by atoms with Gasteiger partial charge in [0.1, 0.15) is 11.6 Å². The summed E-state index contributed by atoms with van der Waals surface area (Å²) in [6.07, 6.45) is 0.638. The third-order valence-corrected chi connectivity index (χ3v) is 6.36. The zero-order chi connectivity index (χ0) is 22.8. The molecule has 0 aliphatic heterocycles. The Balaban J connectivity index is 1.62. The molecular weight excluding hydrogens is 492 g/mol. The lowest BCUT2D eigenvalue weighted by Gasteiger charge is -2.12. The summed E-state index contributed by atoms with van der Waals surface area (Å²) in [5.74, 6) is -0.761. The van der Waals surface area contributed by atoms with Crippen molar-refractivity contribution in [2.75, 3.05) is 0 Å². The van der Waals surface area contributed by atoms with E-state index in [2.05, 4.69) is 0 Å². The van der Waals surface area contributed by atoms with E-state index >= 15 is 8.78 Å². The van der Waals surface area contributed by atoms with Gasteiger partial charge in [0.15, 0.2) is 0 Å². The van der Waals surface area contributed by atoms with Crippen molar-refractivity contribution in [2.45, 2.75) is 12.8 Å². The Morgan fingerprint density at radius 1 is 0.500 bits per heavy atom. The molecule has 0 atom stereocenters. The molecule has 0 aromatic heterocycles. The second-order valence-corrected chi connectivity index (χ2v) is 8.99. The zero-order valence-electron chi connectivity index (χ0n) is 16.6. The molecule has 0 unspecified atom stereocenters. The molecule has 0 spiro atoms. The quantitative estimate of drug-likeness (QED) is 0.252. The van der Waals surface area contributed by atoms with Gasteiger partial charge in [0.25, 0.3) is 0 Å². The van der Waals surface area contributed by atoms with Crippen LogP contribution in [0.5, 0.6) is 0 Å². The van der Waals surface area contributed by atoms with Gasteiger partial charge in [-0.15, -0.1) is 0 Å². The summed E-state index contributed by atoms with van der Waals surface area (Å²) in [4.78, 5) is 0. The van der Waals surface area contributed by atoms with Gasteiger partial charge in [0, 0.05) is 42.3 Å². The summed E-state index contributed by atoms with van der Waals surface area (Å²) >= 11 is 24.4. The number of hydrogen-bond acceptors (Lipinski definition) is 0. The first-order valence-electron chi connectivity index (χ1n) is 9.81. The van der Waals surface area contributed by atoms with Crippen molar-refractivity contribution < 1.29 is 8.78 Å². The maximum absolute atomic E-state index is 15.3. The van der Waals surface area contributed by atoms with E-state index in [4.69, 9.17) is 46.4 Å². The molecule has 0 saturated heterocycles. The molecule has 4 aromatic carbocycles. The fourth-order valence-electron chi connectivity index (χ4n) is 3.65. The number of benzene rings is 4. The maximum atomic E-state index is 15.3. The molecule has 0 fully saturated rings. The lowest BCUT2D eigenvalue weighted by molar-refractivity contribution is 0.599. The molecule has 0 radical (unpaired) electrons. The SMILES string of the molecule is Fc1c(CCc2cccc(-c3ccc(Cl)cc3Cl)c2F)cccc1-c1ccc(Cl)cc1Cl. The van der Waals surface area contributed by atoms with Gasteiger partial charge in [-0.05, 0) is 48.2 Å². The predicted octanol–water partition coefficient (Wildman–Crippen LogP) is 9.70. The lowest BCUT2D eigenvalue weighted by atomic mass is 9.96. The van der Waals surface area contributed by atoms with Crippen LogP contribution in [-0.2, 0) is 12.8 Å². The van der Waals surface area contributed by atoms with E-state index in [1.165, 1.54) is 0 Å². The van der Waals surface area contributed by atoms with Crippen LogP contribution in [0.25, 0.3) is 22.3 Å². The Labute approximate surface area is 205 Å². The van der Waals surface area contributed by atoms with Crippen LogP contribution in [0.15, 0.2) is 72.8 Å². The van der Waals surface area contributed by atoms with Crippen molar-refractivity contribution in [3.05, 3.63) is 116 Å². The fraction of sp³-hybridized carbons (Fsp3) is 0.0769. The molecule has 4 aromatic rings. The van der Waals surface area contributed by atoms with Gasteiger partial charge < -0.3 is 0 Å². The number of halogens is 6. The maximum Gasteiger partial charge on any atom is 0.134 e. The van der Waals surface area contributed by atoms with Crippen LogP contribution >= 0.6 is 46.4 Å². The zero-order valence-corrected chi connectivity index (χ0v) is 19.6. The largest absolute Gasteiger partial charge is 0.206 e. The summed E-state index contributed by atoms with van der Waals surface area (Å²) in [6.45, 7) is 0. The van der Waals surface area contributed by atoms with E-state index in [1.807, 2.05) is 0 Å². The average molecular weight is 508 g/mol. The highest BCUT2D eigenvalue weighted by molar-refractivity contribution is 6.37. The molecule has 0 N–H and O–H groups in total. The van der Waals surface area contributed by atoms with Crippen LogP contribution in [0.3, 0.4) is 0 Å². The van der Waals surface area contributed by atoms with Gasteiger partial charge in [-0.3, -0.25) is 0 Å². The fourth-order valence-corrected chi connectivity index (χ4v) is 4.67. The minimum absolute atomic E-state index is 0.319. The molecule has 0 bridgehead atoms. The van der Waals surface area contributed by atoms with Gasteiger partial charge in [-0.2, -0.15) is 0 Å². The second-order valence-electron chi connectivity index (χ2n) is 7.31. The van der Waals surface area contributed by atoms with Gasteiger partial charge in [0.2, 0.25) is 0 Å². The molecule has 32 heavy (non-hydrogen) atoms. The monoisotopic (exact) mass is 506 g/mol. The highest BCUT2D eigenvalue weighted by Crippen LogP contribution is 2.35. The summed E-state index contributed by atoms with van der Waals surface area (Å²) in [5.41, 5.74) is 2.82. The van der Waals surface area contributed by atoms with Gasteiger partial charge in [-0.1, -0.05) is 94.9 Å². The molecule has 0 aliphatic carbocycles. The van der Waals surface area contributed by atoms with Crippen LogP contribution in [0.4, 0.5) is 8.78 Å². The average Bonchev–Trinajstić information content (AvgIpc) is 2.75. The first-order valence-corrected chi connectivity index (χ1v) is 11.3. The van der Waals surface area contributed by atoms with Crippen molar-refractivity contribution >= 4 is 46.4 Å². The molecule has 0 amide bonds. The molecule has 0 nitrogen and oxygen atoms in total. The number of aryl methyl sites for hydroxylation is 2. The van der Waals surface area contributed by atoms with Crippen LogP contribution in [0.1, 0.15) is 11.1 Å². The van der Waals surface area contributed by atoms with Crippen molar-refractivity contribution in [1.29, 1.82) is 0 Å². The van der Waals surface area contributed by atoms with Gasteiger partial charge in [0.05, 0.1) is 0 Å². The van der Waals surface area contributed by atoms with E-state index in [9.17, 15) is 0 Å². The van der Waals surface area contributed by atoms with Crippen LogP contribution in [-0.4, -0.2) is 0 Å². The topological polar surface area (TPSA) is 0 Å². The summed E-state index contributed by atoms with van der Waals surface area (Å²) in [7, 11) is 0. The van der Waals surface area contributed by atoms with Crippen LogP contribution < -0.4 is 0 Å². The van der Waals surface area contributed by atoms with E-state index in [-0.39, 0.29) is 11.6 Å². The van der Waals surface area contributed by atoms with Gasteiger partial charge in [-0.25, -0.2) is 8.78 Å². The summed E-state index contributed by atoms with van der Waals surface area (Å²) in [5, 5.41) is 1.69. The Hall–Kier alpha value is -2.10. The third-order valence-electron chi connectivity index (χ3n) is 5.26. The van der Waals surface area contributed by atoms with E-state index in [1.54, 1.807) is 72.8 Å². The first kappa shape index (κ1) is 23.1. The normalized spacial score (nSPS) is 11.1. The van der Waals surface area contributed by atoms with Crippen molar-refractivity contribution in [1.82, 2.24) is 0 Å². The summed E-state index contributed by atoms with van der Waals surface area (Å²) in [6, 6.07) is 20.1. The highest BCUT2D eigenvalue weighted by Gasteiger charge is 2.16. The number of rotatable bonds is 5. The molecular formula is C26H16Cl4F2. The molecule has 0 aliphatic rings. The molecule has 0 heterocycles. The van der Waals surface area contributed by atoms with Crippen molar-refractivity contribution in [3.63, 3.8) is 0 Å². The van der Waals surface area contributed by atoms with Crippen molar-refractivity contribution in [2.24, 2.45) is 0 Å². The molecule has 0 saturated carbocycles. The smallest absolute Gasteiger partial charge is 0.134 e. The van der Waals surface area contributed by atoms with Gasteiger partial charge >= 0.3 is 0 Å². The van der Waals surface area contributed by atoms with Crippen LogP contribution in [0.2, 0.25) is 20.1 Å². The Kier molecular flexibility index (Phi) is 7.07. The lowest BCUT2D eigenvalue weighted by Crippen LogP contribution is -2.00. The Morgan fingerprint density at radius 3 is 1.28 bits per heavy atom. The van der Waals surface area contributed by atoms with Crippen molar-refractivity contribution in [3.8, 4) is 22.3 Å². The predicted molar refractivity (Wildman–Crippen MR) is 131 cm³/mol. The molecule has 162 valence electrons. The summed E-state index contributed by atoms with van der Waals surface area (Å²) < 4.78 is 30.5. The Bertz CT molecular complexity index is 1200. The van der Waals surface area contributed by atoms with Crippen LogP contribution in [0, 0.1) is 11.6 Å². The second kappa shape index (κ2) is 9.80. The minimum atomic E-state index is -0.381. The highest BCUT2D eigenvalue weighted by atomic mass is 35.5. The molecule has 6 heteroatoms. The first-order chi connectivity index (χ1) is 15.3. The van der Waals surface area contributed by atoms with E-state index in [0.717, 1.165) is 0 Å². The number of hydrogen-bond donors (Lipinski definition) is 0. The Morgan fingerprint density at radius 2 is 0.906 bits per heavy atom. The standard InChI is InChI=1S/C26H16Cl4F2/c27-17-9-11-19(23(29)13-17)21-5-1-3-15(25(21)31)7-8-16-4-2-6-22(26(16)32)20-12-10-18(28)14-24(20)30/h1-6,9-14H,7-8H2. The van der Waals surface area contributed by atoms with E-state index in [0.29, 0.717) is 66.3 Å².